The van der Waals surface area contributed by atoms with Crippen LogP contribution in [0.25, 0.3) is 11.3 Å². The normalized spacial score (nSPS) is 14.5. The van der Waals surface area contributed by atoms with Gasteiger partial charge >= 0.3 is 6.16 Å². The molecular formula is C27H39N3O4. The van der Waals surface area contributed by atoms with E-state index in [9.17, 15) is 4.79 Å². The van der Waals surface area contributed by atoms with Gasteiger partial charge < -0.3 is 14.2 Å². The van der Waals surface area contributed by atoms with Gasteiger partial charge in [0, 0.05) is 32.8 Å². The molecule has 1 heterocycles. The molecule has 0 N–H and O–H groups in total. The number of rotatable bonds is 9. The van der Waals surface area contributed by atoms with Crippen LogP contribution in [-0.4, -0.2) is 42.1 Å². The zero-order valence-electron chi connectivity index (χ0n) is 22.0. The number of ether oxygens (including phenoxy) is 3. The summed E-state index contributed by atoms with van der Waals surface area (Å²) in [5.41, 5.74) is 4.54. The number of allylic oxidation sites excluding steroid dienone is 1. The summed E-state index contributed by atoms with van der Waals surface area (Å²) < 4.78 is 18.5. The van der Waals surface area contributed by atoms with E-state index >= 15 is 0 Å². The first-order valence-electron chi connectivity index (χ1n) is 11.7. The second kappa shape index (κ2) is 11.9. The van der Waals surface area contributed by atoms with Gasteiger partial charge in [0.2, 0.25) is 6.29 Å². The fourth-order valence-electron chi connectivity index (χ4n) is 3.32. The lowest BCUT2D eigenvalue weighted by atomic mass is 9.86. The predicted molar refractivity (Wildman–Crippen MR) is 137 cm³/mol. The molecule has 0 radical (unpaired) electrons. The third-order valence-electron chi connectivity index (χ3n) is 5.53. The molecule has 1 aromatic heterocycles. The van der Waals surface area contributed by atoms with Crippen LogP contribution >= 0.6 is 0 Å². The molecule has 0 spiro atoms. The van der Waals surface area contributed by atoms with Gasteiger partial charge in [0.05, 0.1) is 12.3 Å². The third-order valence-corrected chi connectivity index (χ3v) is 5.53. The van der Waals surface area contributed by atoms with Gasteiger partial charge in [0.15, 0.2) is 5.76 Å². The number of nitrogens with zero attached hydrogens (tertiary/aromatic N) is 3. The Bertz CT molecular complexity index is 1010. The SMILES string of the molecule is CCC(C)COC(=O)OC(C)O/C(=C(/C=NC)c1ccc(C(C)(C)C)cc1)c1cc(C)nn1C. The molecule has 7 heteroatoms. The second-order valence-electron chi connectivity index (χ2n) is 9.63. The highest BCUT2D eigenvalue weighted by Gasteiger charge is 2.22. The Kier molecular flexibility index (Phi) is 9.47. The smallest absolute Gasteiger partial charge is 0.452 e. The maximum absolute atomic E-state index is 12.2. The predicted octanol–water partition coefficient (Wildman–Crippen LogP) is 6.16. The van der Waals surface area contributed by atoms with Gasteiger partial charge in [-0.3, -0.25) is 9.67 Å². The Morgan fingerprint density at radius 3 is 2.32 bits per heavy atom. The number of aromatic nitrogens is 2. The molecule has 0 bridgehead atoms. The number of hydrogen-bond acceptors (Lipinski definition) is 6. The van der Waals surface area contributed by atoms with Crippen LogP contribution in [0.4, 0.5) is 4.79 Å². The third kappa shape index (κ3) is 7.47. The van der Waals surface area contributed by atoms with Gasteiger partial charge in [0.1, 0.15) is 5.69 Å². The highest BCUT2D eigenvalue weighted by Crippen LogP contribution is 2.30. The number of aliphatic imine (C=N–C) groups is 1. The summed E-state index contributed by atoms with van der Waals surface area (Å²) in [5, 5.41) is 4.47. The number of carbonyl (C=O) groups excluding carboxylic acids is 1. The molecule has 0 saturated carbocycles. The van der Waals surface area contributed by atoms with E-state index in [1.54, 1.807) is 24.9 Å². The maximum atomic E-state index is 12.2. The van der Waals surface area contributed by atoms with Crippen molar-refractivity contribution < 1.29 is 19.0 Å². The molecule has 0 aliphatic rings. The van der Waals surface area contributed by atoms with Crippen molar-refractivity contribution in [2.24, 2.45) is 18.0 Å². The van der Waals surface area contributed by atoms with Gasteiger partial charge in [0.25, 0.3) is 0 Å². The Hall–Kier alpha value is -3.09. The first kappa shape index (κ1) is 27.2. The summed E-state index contributed by atoms with van der Waals surface area (Å²) in [4.78, 5) is 16.4. The number of benzene rings is 1. The minimum atomic E-state index is -0.885. The van der Waals surface area contributed by atoms with Gasteiger partial charge in [-0.25, -0.2) is 4.79 Å². The molecule has 1 aromatic carbocycles. The first-order valence-corrected chi connectivity index (χ1v) is 11.7. The largest absolute Gasteiger partial charge is 0.511 e. The lowest BCUT2D eigenvalue weighted by Crippen LogP contribution is -2.21. The van der Waals surface area contributed by atoms with Gasteiger partial charge in [-0.05, 0) is 35.4 Å². The summed E-state index contributed by atoms with van der Waals surface area (Å²) >= 11 is 0. The van der Waals surface area contributed by atoms with Crippen LogP contribution in [0.1, 0.15) is 70.5 Å². The summed E-state index contributed by atoms with van der Waals surface area (Å²) in [7, 11) is 3.56. The molecule has 0 aliphatic carbocycles. The summed E-state index contributed by atoms with van der Waals surface area (Å²) in [6.45, 7) is 14.5. The van der Waals surface area contributed by atoms with E-state index in [0.717, 1.165) is 28.9 Å². The summed E-state index contributed by atoms with van der Waals surface area (Å²) in [6.07, 6.45) is 1.02. The molecule has 7 nitrogen and oxygen atoms in total. The Morgan fingerprint density at radius 1 is 1.18 bits per heavy atom. The van der Waals surface area contributed by atoms with Crippen molar-refractivity contribution in [2.75, 3.05) is 13.7 Å². The number of carbonyl (C=O) groups is 1. The molecule has 0 fully saturated rings. The van der Waals surface area contributed by atoms with Gasteiger partial charge in [-0.1, -0.05) is 65.3 Å². The first-order chi connectivity index (χ1) is 16.0. The van der Waals surface area contributed by atoms with Crippen molar-refractivity contribution in [3.05, 3.63) is 52.8 Å². The Balaban J connectivity index is 2.45. The lowest BCUT2D eigenvalue weighted by molar-refractivity contribution is -0.0694. The molecule has 2 aromatic rings. The van der Waals surface area contributed by atoms with E-state index in [4.69, 9.17) is 14.2 Å². The van der Waals surface area contributed by atoms with Crippen molar-refractivity contribution in [1.82, 2.24) is 9.78 Å². The zero-order chi connectivity index (χ0) is 25.5. The Labute approximate surface area is 203 Å². The molecule has 0 amide bonds. The molecule has 34 heavy (non-hydrogen) atoms. The van der Waals surface area contributed by atoms with E-state index in [1.807, 2.05) is 33.9 Å². The fourth-order valence-corrected chi connectivity index (χ4v) is 3.32. The highest BCUT2D eigenvalue weighted by atomic mass is 16.8. The van der Waals surface area contributed by atoms with Crippen molar-refractivity contribution in [3.8, 4) is 0 Å². The van der Waals surface area contributed by atoms with Crippen molar-refractivity contribution in [3.63, 3.8) is 0 Å². The summed E-state index contributed by atoms with van der Waals surface area (Å²) in [6, 6.07) is 10.2. The fraction of sp³-hybridized carbons (Fsp3) is 0.519. The quantitative estimate of drug-likeness (QED) is 0.190. The van der Waals surface area contributed by atoms with Crippen LogP contribution in [0, 0.1) is 12.8 Å². The molecular weight excluding hydrogens is 430 g/mol. The minimum absolute atomic E-state index is 0.0394. The highest BCUT2D eigenvalue weighted by molar-refractivity contribution is 6.18. The standard InChI is InChI=1S/C27H39N3O4/c1-10-18(2)17-32-26(31)34-20(4)33-25(24-15-19(3)29-30(24)9)23(16-28-8)21-11-13-22(14-12-21)27(5,6)7/h11-16,18,20H,10,17H2,1-9H3/b25-23-,28-16?. The van der Waals surface area contributed by atoms with Crippen molar-refractivity contribution >= 4 is 23.7 Å². The van der Waals surface area contributed by atoms with E-state index in [0.29, 0.717) is 12.4 Å². The van der Waals surface area contributed by atoms with Crippen LogP contribution in [0.5, 0.6) is 0 Å². The molecule has 2 unspecified atom stereocenters. The van der Waals surface area contributed by atoms with Crippen LogP contribution < -0.4 is 0 Å². The van der Waals surface area contributed by atoms with Crippen LogP contribution in [0.2, 0.25) is 0 Å². The molecule has 0 saturated heterocycles. The van der Waals surface area contributed by atoms with Crippen LogP contribution in [0.3, 0.4) is 0 Å². The molecule has 2 atom stereocenters. The zero-order valence-corrected chi connectivity index (χ0v) is 22.0. The summed E-state index contributed by atoms with van der Waals surface area (Å²) in [5.74, 6) is 0.777. The lowest BCUT2D eigenvalue weighted by Gasteiger charge is -2.21. The van der Waals surface area contributed by atoms with E-state index in [1.165, 1.54) is 5.56 Å². The maximum Gasteiger partial charge on any atom is 0.511 e. The Morgan fingerprint density at radius 2 is 1.82 bits per heavy atom. The van der Waals surface area contributed by atoms with E-state index in [2.05, 4.69) is 55.1 Å². The monoisotopic (exact) mass is 469 g/mol. The average molecular weight is 470 g/mol. The van der Waals surface area contributed by atoms with Crippen LogP contribution in [-0.2, 0) is 26.7 Å². The van der Waals surface area contributed by atoms with E-state index < -0.39 is 12.4 Å². The van der Waals surface area contributed by atoms with Crippen molar-refractivity contribution in [2.45, 2.75) is 66.6 Å². The topological polar surface area (TPSA) is 74.9 Å². The van der Waals surface area contributed by atoms with Crippen molar-refractivity contribution in [1.29, 1.82) is 0 Å². The molecule has 0 aliphatic heterocycles. The number of hydrogen-bond donors (Lipinski definition) is 0. The molecule has 2 rings (SSSR count). The number of aryl methyl sites for hydroxylation is 2. The van der Waals surface area contributed by atoms with E-state index in [-0.39, 0.29) is 11.3 Å². The second-order valence-corrected chi connectivity index (χ2v) is 9.63. The van der Waals surface area contributed by atoms with Gasteiger partial charge in [-0.15, -0.1) is 0 Å². The average Bonchev–Trinajstić information content (AvgIpc) is 3.11. The molecule has 186 valence electrons. The van der Waals surface area contributed by atoms with Gasteiger partial charge in [-0.2, -0.15) is 5.10 Å². The van der Waals surface area contributed by atoms with Crippen LogP contribution in [0.15, 0.2) is 35.3 Å². The minimum Gasteiger partial charge on any atom is -0.452 e.